The summed E-state index contributed by atoms with van der Waals surface area (Å²) < 4.78 is 2.68. The van der Waals surface area contributed by atoms with E-state index in [1.165, 1.54) is 18.5 Å². The molecule has 3 rings (SSSR count). The van der Waals surface area contributed by atoms with Crippen molar-refractivity contribution in [3.05, 3.63) is 16.4 Å². The van der Waals surface area contributed by atoms with Gasteiger partial charge in [0.15, 0.2) is 0 Å². The van der Waals surface area contributed by atoms with E-state index in [9.17, 15) is 4.79 Å². The molecule has 4 nitrogen and oxygen atoms in total. The summed E-state index contributed by atoms with van der Waals surface area (Å²) in [4.78, 5) is 13.6. The first kappa shape index (κ1) is 9.39. The van der Waals surface area contributed by atoms with Gasteiger partial charge in [0.1, 0.15) is 11.1 Å². The second-order valence-electron chi connectivity index (χ2n) is 4.54. The first-order chi connectivity index (χ1) is 7.11. The smallest absolute Gasteiger partial charge is 0.244 e. The first-order valence-corrected chi connectivity index (χ1v) is 5.88. The normalized spacial score (nSPS) is 22.8. The van der Waals surface area contributed by atoms with Gasteiger partial charge in [-0.25, -0.2) is 0 Å². The maximum Gasteiger partial charge on any atom is 0.244 e. The Hall–Kier alpha value is -0.840. The lowest BCUT2D eigenvalue weighted by molar-refractivity contribution is -0.130. The van der Waals surface area contributed by atoms with Crippen LogP contribution in [0.15, 0.2) is 10.7 Å². The molecule has 0 bridgehead atoms. The van der Waals surface area contributed by atoms with Crippen molar-refractivity contribution >= 4 is 21.8 Å². The molecular formula is C10H12BrN3O. The number of rotatable bonds is 0. The molecule has 0 aromatic carbocycles. The Balaban J connectivity index is 2.10. The van der Waals surface area contributed by atoms with Crippen molar-refractivity contribution in [1.29, 1.82) is 0 Å². The molecule has 1 aromatic heterocycles. The highest BCUT2D eigenvalue weighted by molar-refractivity contribution is 9.10. The van der Waals surface area contributed by atoms with Crippen LogP contribution in [0.1, 0.15) is 18.5 Å². The van der Waals surface area contributed by atoms with Gasteiger partial charge in [-0.2, -0.15) is 5.10 Å². The highest BCUT2D eigenvalue weighted by atomic mass is 79.9. The van der Waals surface area contributed by atoms with Crippen molar-refractivity contribution in [3.63, 3.8) is 0 Å². The first-order valence-electron chi connectivity index (χ1n) is 5.09. The fourth-order valence-corrected chi connectivity index (χ4v) is 2.78. The van der Waals surface area contributed by atoms with Crippen molar-refractivity contribution in [1.82, 2.24) is 14.7 Å². The second kappa shape index (κ2) is 2.84. The number of carbonyl (C=O) groups is 1. The third-order valence-corrected chi connectivity index (χ3v) is 3.79. The molecular weight excluding hydrogens is 258 g/mol. The van der Waals surface area contributed by atoms with Gasteiger partial charge in [-0.3, -0.25) is 9.48 Å². The van der Waals surface area contributed by atoms with Gasteiger partial charge in [-0.1, -0.05) is 0 Å². The van der Waals surface area contributed by atoms with E-state index in [1.807, 2.05) is 16.6 Å². The van der Waals surface area contributed by atoms with E-state index >= 15 is 0 Å². The van der Waals surface area contributed by atoms with Crippen LogP contribution in [0, 0.1) is 0 Å². The van der Waals surface area contributed by atoms with Crippen molar-refractivity contribution in [2.24, 2.45) is 0 Å². The SMILES string of the molecule is CN1CC2(CC2)c2cc(Br)nn2CC1=O. The molecule has 0 saturated heterocycles. The third-order valence-electron chi connectivity index (χ3n) is 3.40. The number of nitrogens with zero attached hydrogens (tertiary/aromatic N) is 3. The molecule has 1 saturated carbocycles. The number of hydrogen-bond donors (Lipinski definition) is 0. The predicted molar refractivity (Wildman–Crippen MR) is 58.5 cm³/mol. The minimum absolute atomic E-state index is 0.149. The quantitative estimate of drug-likeness (QED) is 0.709. The molecule has 1 aromatic rings. The molecule has 0 N–H and O–H groups in total. The van der Waals surface area contributed by atoms with Crippen molar-refractivity contribution in [3.8, 4) is 0 Å². The van der Waals surface area contributed by atoms with E-state index in [4.69, 9.17) is 0 Å². The fourth-order valence-electron chi connectivity index (χ4n) is 2.37. The van der Waals surface area contributed by atoms with Gasteiger partial charge in [-0.15, -0.1) is 0 Å². The standard InChI is InChI=1S/C10H12BrN3O/c1-13-6-10(2-3-10)7-4-8(11)12-14(7)5-9(13)15/h4H,2-3,5-6H2,1H3. The summed E-state index contributed by atoms with van der Waals surface area (Å²) in [5, 5.41) is 4.32. The van der Waals surface area contributed by atoms with E-state index in [-0.39, 0.29) is 11.3 Å². The summed E-state index contributed by atoms with van der Waals surface area (Å²) in [6.45, 7) is 1.21. The van der Waals surface area contributed by atoms with Gasteiger partial charge in [0.25, 0.3) is 0 Å². The van der Waals surface area contributed by atoms with Crippen LogP contribution >= 0.6 is 15.9 Å². The van der Waals surface area contributed by atoms with E-state index < -0.39 is 0 Å². The molecule has 1 aliphatic carbocycles. The van der Waals surface area contributed by atoms with Crippen LogP contribution in [0.3, 0.4) is 0 Å². The lowest BCUT2D eigenvalue weighted by atomic mass is 10.0. The molecule has 1 amide bonds. The van der Waals surface area contributed by atoms with Crippen LogP contribution in [-0.4, -0.2) is 34.2 Å². The Labute approximate surface area is 96.4 Å². The van der Waals surface area contributed by atoms with E-state index in [1.54, 1.807) is 0 Å². The minimum atomic E-state index is 0.149. The molecule has 0 radical (unpaired) electrons. The average molecular weight is 270 g/mol. The summed E-state index contributed by atoms with van der Waals surface area (Å²) in [5.74, 6) is 0.149. The van der Waals surface area contributed by atoms with E-state index in [0.717, 1.165) is 11.1 Å². The van der Waals surface area contributed by atoms with Crippen molar-refractivity contribution < 1.29 is 4.79 Å². The van der Waals surface area contributed by atoms with Gasteiger partial charge < -0.3 is 4.90 Å². The zero-order chi connectivity index (χ0) is 10.6. The number of hydrogen-bond acceptors (Lipinski definition) is 2. The summed E-state index contributed by atoms with van der Waals surface area (Å²) in [7, 11) is 1.88. The van der Waals surface area contributed by atoms with Gasteiger partial charge in [0, 0.05) is 24.7 Å². The Morgan fingerprint density at radius 1 is 1.53 bits per heavy atom. The molecule has 15 heavy (non-hydrogen) atoms. The van der Waals surface area contributed by atoms with E-state index in [0.29, 0.717) is 6.54 Å². The topological polar surface area (TPSA) is 38.1 Å². The molecule has 5 heteroatoms. The monoisotopic (exact) mass is 269 g/mol. The largest absolute Gasteiger partial charge is 0.343 e. The number of fused-ring (bicyclic) bond motifs is 2. The number of aromatic nitrogens is 2. The summed E-state index contributed by atoms with van der Waals surface area (Å²) >= 11 is 3.38. The fraction of sp³-hybridized carbons (Fsp3) is 0.600. The molecule has 0 unspecified atom stereocenters. The minimum Gasteiger partial charge on any atom is -0.343 e. The number of likely N-dealkylation sites (N-methyl/N-ethyl adjacent to an activating group) is 1. The molecule has 2 aliphatic rings. The number of halogens is 1. The number of carbonyl (C=O) groups excluding carboxylic acids is 1. The average Bonchev–Trinajstić information content (AvgIpc) is 2.85. The van der Waals surface area contributed by atoms with Crippen molar-refractivity contribution in [2.45, 2.75) is 24.8 Å². The lowest BCUT2D eigenvalue weighted by Gasteiger charge is -2.18. The Morgan fingerprint density at radius 3 is 2.93 bits per heavy atom. The molecule has 80 valence electrons. The predicted octanol–water partition coefficient (Wildman–Crippen LogP) is 1.15. The van der Waals surface area contributed by atoms with Gasteiger partial charge in [0.05, 0.1) is 0 Å². The molecule has 2 heterocycles. The summed E-state index contributed by atoms with van der Waals surface area (Å²) in [5.41, 5.74) is 1.41. The highest BCUT2D eigenvalue weighted by Gasteiger charge is 2.49. The Bertz CT molecular complexity index is 436. The van der Waals surface area contributed by atoms with Crippen LogP contribution < -0.4 is 0 Å². The van der Waals surface area contributed by atoms with Gasteiger partial charge in [0.2, 0.25) is 5.91 Å². The van der Waals surface area contributed by atoms with Crippen LogP contribution in [0.4, 0.5) is 0 Å². The van der Waals surface area contributed by atoms with Gasteiger partial charge in [-0.05, 0) is 34.8 Å². The third kappa shape index (κ3) is 1.33. The molecule has 1 fully saturated rings. The van der Waals surface area contributed by atoms with Crippen LogP contribution in [0.25, 0.3) is 0 Å². The van der Waals surface area contributed by atoms with Crippen molar-refractivity contribution in [2.75, 3.05) is 13.6 Å². The van der Waals surface area contributed by atoms with Crippen LogP contribution in [0.2, 0.25) is 0 Å². The lowest BCUT2D eigenvalue weighted by Crippen LogP contribution is -2.32. The highest BCUT2D eigenvalue weighted by Crippen LogP contribution is 2.49. The van der Waals surface area contributed by atoms with Crippen LogP contribution in [-0.2, 0) is 16.8 Å². The second-order valence-corrected chi connectivity index (χ2v) is 5.35. The maximum absolute atomic E-state index is 11.8. The number of amides is 1. The molecule has 1 aliphatic heterocycles. The van der Waals surface area contributed by atoms with E-state index in [2.05, 4.69) is 27.1 Å². The molecule has 1 spiro atoms. The maximum atomic E-state index is 11.8. The summed E-state index contributed by atoms with van der Waals surface area (Å²) in [6, 6.07) is 2.06. The Morgan fingerprint density at radius 2 is 2.27 bits per heavy atom. The van der Waals surface area contributed by atoms with Gasteiger partial charge >= 0.3 is 0 Å². The Kier molecular flexibility index (Phi) is 1.78. The summed E-state index contributed by atoms with van der Waals surface area (Å²) in [6.07, 6.45) is 2.34. The molecule has 0 atom stereocenters. The zero-order valence-corrected chi connectivity index (χ0v) is 10.1. The van der Waals surface area contributed by atoms with Crippen LogP contribution in [0.5, 0.6) is 0 Å². The zero-order valence-electron chi connectivity index (χ0n) is 8.53.